The molecule has 0 bridgehead atoms. The maximum atomic E-state index is 12.5. The number of hydrogen-bond acceptors (Lipinski definition) is 5. The van der Waals surface area contributed by atoms with Crippen LogP contribution in [0.2, 0.25) is 0 Å². The number of carbonyl (C=O) groups excluding carboxylic acids is 1. The summed E-state index contributed by atoms with van der Waals surface area (Å²) >= 11 is 0. The number of hydrogen-bond donors (Lipinski definition) is 1. The highest BCUT2D eigenvalue weighted by atomic mass is 16.6. The summed E-state index contributed by atoms with van der Waals surface area (Å²) in [7, 11) is 0. The Labute approximate surface area is 126 Å². The molecule has 1 unspecified atom stereocenters. The van der Waals surface area contributed by atoms with E-state index in [0.717, 1.165) is 4.57 Å². The van der Waals surface area contributed by atoms with Gasteiger partial charge in [-0.15, -0.1) is 0 Å². The lowest BCUT2D eigenvalue weighted by atomic mass is 10.1. The first kappa shape index (κ1) is 15.9. The van der Waals surface area contributed by atoms with Crippen LogP contribution < -0.4 is 11.2 Å². The van der Waals surface area contributed by atoms with Gasteiger partial charge < -0.3 is 9.72 Å². The number of ether oxygens (including phenoxy) is 1. The summed E-state index contributed by atoms with van der Waals surface area (Å²) in [6.07, 6.45) is 3.13. The Morgan fingerprint density at radius 2 is 2.09 bits per heavy atom. The molecule has 7 heteroatoms. The van der Waals surface area contributed by atoms with Crippen LogP contribution >= 0.6 is 0 Å². The molecule has 0 saturated carbocycles. The minimum Gasteiger partial charge on any atom is -0.458 e. The molecule has 0 fully saturated rings. The number of rotatable bonds is 3. The highest BCUT2D eigenvalue weighted by Crippen LogP contribution is 2.16. The average molecular weight is 305 g/mol. The maximum absolute atomic E-state index is 12.5. The molecule has 0 saturated heterocycles. The molecule has 2 heterocycles. The van der Waals surface area contributed by atoms with Crippen molar-refractivity contribution in [1.82, 2.24) is 14.5 Å². The number of esters is 1. The molecular formula is C15H19N3O4. The zero-order valence-corrected chi connectivity index (χ0v) is 13.0. The second kappa shape index (κ2) is 5.75. The zero-order valence-electron chi connectivity index (χ0n) is 13.0. The first-order chi connectivity index (χ1) is 10.2. The van der Waals surface area contributed by atoms with Crippen LogP contribution in [-0.4, -0.2) is 26.1 Å². The molecule has 2 aromatic rings. The second-order valence-corrected chi connectivity index (χ2v) is 5.98. The predicted octanol–water partition coefficient (Wildman–Crippen LogP) is 1.38. The van der Waals surface area contributed by atoms with Crippen LogP contribution in [0.15, 0.2) is 28.0 Å². The summed E-state index contributed by atoms with van der Waals surface area (Å²) in [6.45, 7) is 6.92. The third-order valence-corrected chi connectivity index (χ3v) is 3.11. The molecule has 22 heavy (non-hydrogen) atoms. The molecule has 0 spiro atoms. The van der Waals surface area contributed by atoms with Gasteiger partial charge in [0.25, 0.3) is 5.56 Å². The molecule has 2 aromatic heterocycles. The van der Waals surface area contributed by atoms with Gasteiger partial charge in [-0.25, -0.2) is 14.2 Å². The van der Waals surface area contributed by atoms with Crippen molar-refractivity contribution in [2.75, 3.05) is 0 Å². The number of carbonyl (C=O) groups is 1. The first-order valence-electron chi connectivity index (χ1n) is 7.06. The molecule has 0 aromatic carbocycles. The summed E-state index contributed by atoms with van der Waals surface area (Å²) in [5.74, 6) is -0.601. The van der Waals surface area contributed by atoms with Gasteiger partial charge in [0.15, 0.2) is 0 Å². The zero-order chi connectivity index (χ0) is 16.5. The van der Waals surface area contributed by atoms with Gasteiger partial charge in [-0.1, -0.05) is 6.92 Å². The van der Waals surface area contributed by atoms with Crippen molar-refractivity contribution in [3.05, 3.63) is 39.3 Å². The Hall–Kier alpha value is -2.44. The van der Waals surface area contributed by atoms with E-state index in [4.69, 9.17) is 4.74 Å². The maximum Gasteiger partial charge on any atom is 0.329 e. The summed E-state index contributed by atoms with van der Waals surface area (Å²) < 4.78 is 6.22. The molecule has 7 nitrogen and oxygen atoms in total. The summed E-state index contributed by atoms with van der Waals surface area (Å²) in [4.78, 5) is 43.4. The van der Waals surface area contributed by atoms with Crippen LogP contribution in [0.5, 0.6) is 0 Å². The van der Waals surface area contributed by atoms with Crippen molar-refractivity contribution in [3.63, 3.8) is 0 Å². The van der Waals surface area contributed by atoms with E-state index in [-0.39, 0.29) is 6.42 Å². The van der Waals surface area contributed by atoms with Crippen molar-refractivity contribution in [1.29, 1.82) is 0 Å². The van der Waals surface area contributed by atoms with Gasteiger partial charge >= 0.3 is 11.7 Å². The van der Waals surface area contributed by atoms with Gasteiger partial charge in [0.2, 0.25) is 0 Å². The topological polar surface area (TPSA) is 94.1 Å². The molecule has 0 aliphatic heterocycles. The molecule has 2 rings (SSSR count). The fourth-order valence-corrected chi connectivity index (χ4v) is 2.19. The highest BCUT2D eigenvalue weighted by Gasteiger charge is 2.28. The third-order valence-electron chi connectivity index (χ3n) is 3.11. The van der Waals surface area contributed by atoms with E-state index in [2.05, 4.69) is 9.97 Å². The number of nitrogens with one attached hydrogen (secondary N) is 1. The molecule has 0 aliphatic rings. The lowest BCUT2D eigenvalue weighted by molar-refractivity contribution is -0.159. The fourth-order valence-electron chi connectivity index (χ4n) is 2.19. The largest absolute Gasteiger partial charge is 0.458 e. The van der Waals surface area contributed by atoms with E-state index in [0.29, 0.717) is 10.9 Å². The molecular weight excluding hydrogens is 286 g/mol. The quantitative estimate of drug-likeness (QED) is 0.864. The minimum absolute atomic E-state index is 0.272. The number of aromatic nitrogens is 3. The van der Waals surface area contributed by atoms with Gasteiger partial charge in [-0.3, -0.25) is 9.78 Å². The Morgan fingerprint density at radius 1 is 1.41 bits per heavy atom. The van der Waals surface area contributed by atoms with Crippen LogP contribution in [0.1, 0.15) is 40.2 Å². The van der Waals surface area contributed by atoms with E-state index in [1.54, 1.807) is 27.7 Å². The predicted molar refractivity (Wildman–Crippen MR) is 81.8 cm³/mol. The van der Waals surface area contributed by atoms with Gasteiger partial charge in [-0.2, -0.15) is 0 Å². The molecule has 1 N–H and O–H groups in total. The number of nitrogens with zero attached hydrogens (tertiary/aromatic N) is 2. The summed E-state index contributed by atoms with van der Waals surface area (Å²) in [6, 6.07) is 0.541. The lowest BCUT2D eigenvalue weighted by Gasteiger charge is -2.24. The Bertz CT molecular complexity index is 814. The first-order valence-corrected chi connectivity index (χ1v) is 7.06. The van der Waals surface area contributed by atoms with Crippen LogP contribution in [0, 0.1) is 0 Å². The highest BCUT2D eigenvalue weighted by molar-refractivity contribution is 5.78. The number of fused-ring (bicyclic) bond motifs is 1. The van der Waals surface area contributed by atoms with E-state index in [9.17, 15) is 14.4 Å². The van der Waals surface area contributed by atoms with E-state index in [1.165, 1.54) is 18.5 Å². The standard InChI is InChI=1S/C15H19N3O4/c1-5-11(13(20)22-15(2,3)4)18-12(19)9-6-7-16-8-10(9)17-14(18)21/h6-8,11H,5H2,1-4H3,(H,17,21). The van der Waals surface area contributed by atoms with Crippen LogP contribution in [0.25, 0.3) is 10.9 Å². The number of aromatic amines is 1. The van der Waals surface area contributed by atoms with Crippen LogP contribution in [0.3, 0.4) is 0 Å². The molecule has 118 valence electrons. The Balaban J connectivity index is 2.59. The third kappa shape index (κ3) is 3.08. The van der Waals surface area contributed by atoms with Crippen LogP contribution in [-0.2, 0) is 9.53 Å². The minimum atomic E-state index is -0.965. The van der Waals surface area contributed by atoms with Crippen molar-refractivity contribution in [3.8, 4) is 0 Å². The molecule has 0 amide bonds. The van der Waals surface area contributed by atoms with Crippen molar-refractivity contribution >= 4 is 16.9 Å². The van der Waals surface area contributed by atoms with Crippen molar-refractivity contribution in [2.24, 2.45) is 0 Å². The smallest absolute Gasteiger partial charge is 0.329 e. The number of H-pyrrole nitrogens is 1. The second-order valence-electron chi connectivity index (χ2n) is 5.98. The monoisotopic (exact) mass is 305 g/mol. The summed E-state index contributed by atoms with van der Waals surface area (Å²) in [5, 5.41) is 0.302. The SMILES string of the molecule is CCC(C(=O)OC(C)(C)C)n1c(=O)[nH]c2cnccc2c1=O. The van der Waals surface area contributed by atoms with Crippen LogP contribution in [0.4, 0.5) is 0 Å². The fraction of sp³-hybridized carbons (Fsp3) is 0.467. The molecule has 0 aliphatic carbocycles. The van der Waals surface area contributed by atoms with Crippen molar-refractivity contribution in [2.45, 2.75) is 45.8 Å². The lowest BCUT2D eigenvalue weighted by Crippen LogP contribution is -2.42. The summed E-state index contributed by atoms with van der Waals surface area (Å²) in [5.41, 5.74) is -1.53. The van der Waals surface area contributed by atoms with E-state index >= 15 is 0 Å². The normalized spacial score (nSPS) is 13.1. The van der Waals surface area contributed by atoms with Gasteiger partial charge in [-0.05, 0) is 33.3 Å². The van der Waals surface area contributed by atoms with Gasteiger partial charge in [0, 0.05) is 6.20 Å². The van der Waals surface area contributed by atoms with E-state index in [1.807, 2.05) is 0 Å². The average Bonchev–Trinajstić information content (AvgIpc) is 2.41. The van der Waals surface area contributed by atoms with E-state index < -0.39 is 28.9 Å². The Morgan fingerprint density at radius 3 is 2.68 bits per heavy atom. The molecule has 0 radical (unpaired) electrons. The van der Waals surface area contributed by atoms with Gasteiger partial charge in [0.05, 0.1) is 17.1 Å². The Kier molecular flexibility index (Phi) is 4.16. The number of pyridine rings is 1. The van der Waals surface area contributed by atoms with Crippen molar-refractivity contribution < 1.29 is 9.53 Å². The molecule has 1 atom stereocenters. The van der Waals surface area contributed by atoms with Gasteiger partial charge in [0.1, 0.15) is 11.6 Å².